The molecule has 25 heavy (non-hydrogen) atoms. The van der Waals surface area contributed by atoms with E-state index >= 15 is 0 Å². The molecule has 1 fully saturated rings. The lowest BCUT2D eigenvalue weighted by Gasteiger charge is -2.31. The predicted molar refractivity (Wildman–Crippen MR) is 89.6 cm³/mol. The fraction of sp³-hybridized carbons (Fsp3) is 0.375. The van der Waals surface area contributed by atoms with Crippen molar-refractivity contribution in [1.82, 2.24) is 35.6 Å². The van der Waals surface area contributed by atoms with Crippen LogP contribution < -0.4 is 10.2 Å². The molecule has 0 atom stereocenters. The summed E-state index contributed by atoms with van der Waals surface area (Å²) in [5.74, 6) is 0.964. The number of carbonyl (C=O) groups excluding carboxylic acids is 1. The molecule has 3 aromatic heterocycles. The van der Waals surface area contributed by atoms with Gasteiger partial charge in [-0.2, -0.15) is 0 Å². The zero-order valence-corrected chi connectivity index (χ0v) is 13.6. The van der Waals surface area contributed by atoms with Crippen molar-refractivity contribution >= 4 is 17.4 Å². The third kappa shape index (κ3) is 3.39. The largest absolute Gasteiger partial charge is 0.355 e. The highest BCUT2D eigenvalue weighted by atomic mass is 16.1. The van der Waals surface area contributed by atoms with E-state index in [9.17, 15) is 4.79 Å². The zero-order chi connectivity index (χ0) is 17.1. The number of pyridine rings is 1. The predicted octanol–water partition coefficient (Wildman–Crippen LogP) is 0.447. The van der Waals surface area contributed by atoms with E-state index in [-0.39, 0.29) is 11.8 Å². The van der Waals surface area contributed by atoms with Crippen LogP contribution in [0.3, 0.4) is 0 Å². The van der Waals surface area contributed by atoms with Gasteiger partial charge in [-0.25, -0.2) is 0 Å². The molecule has 3 aromatic rings. The molecular formula is C16H18N8O. The summed E-state index contributed by atoms with van der Waals surface area (Å²) in [5, 5.41) is 18.7. The third-order valence-corrected chi connectivity index (χ3v) is 4.43. The third-order valence-electron chi connectivity index (χ3n) is 4.43. The highest BCUT2D eigenvalue weighted by molar-refractivity contribution is 5.78. The Bertz CT molecular complexity index is 857. The number of tetrazole rings is 1. The monoisotopic (exact) mass is 338 g/mol. The van der Waals surface area contributed by atoms with Gasteiger partial charge >= 0.3 is 0 Å². The molecule has 0 radical (unpaired) electrons. The van der Waals surface area contributed by atoms with E-state index in [4.69, 9.17) is 0 Å². The topological polar surface area (TPSA) is 101 Å². The van der Waals surface area contributed by atoms with Crippen molar-refractivity contribution in [3.8, 4) is 0 Å². The Morgan fingerprint density at radius 2 is 2.12 bits per heavy atom. The lowest BCUT2D eigenvalue weighted by molar-refractivity contribution is -0.125. The number of hydrogen-bond acceptors (Lipinski definition) is 7. The molecule has 0 aromatic carbocycles. The maximum atomic E-state index is 12.4. The number of fused-ring (bicyclic) bond motifs is 1. The summed E-state index contributed by atoms with van der Waals surface area (Å²) in [6.07, 6.45) is 5.09. The average molecular weight is 338 g/mol. The minimum absolute atomic E-state index is 0.0321. The van der Waals surface area contributed by atoms with Gasteiger partial charge in [-0.3, -0.25) is 9.78 Å². The first kappa shape index (κ1) is 15.4. The number of piperidine rings is 1. The van der Waals surface area contributed by atoms with Crippen LogP contribution in [0.4, 0.5) is 5.82 Å². The highest BCUT2D eigenvalue weighted by Crippen LogP contribution is 2.22. The molecule has 0 unspecified atom stereocenters. The average Bonchev–Trinajstić information content (AvgIpc) is 3.15. The molecule has 4 rings (SSSR count). The summed E-state index contributed by atoms with van der Waals surface area (Å²) >= 11 is 0. The van der Waals surface area contributed by atoms with Crippen LogP contribution in [0, 0.1) is 5.92 Å². The number of nitrogens with zero attached hydrogens (tertiary/aromatic N) is 7. The van der Waals surface area contributed by atoms with Crippen LogP contribution in [0.1, 0.15) is 18.4 Å². The van der Waals surface area contributed by atoms with Crippen molar-refractivity contribution in [1.29, 1.82) is 0 Å². The van der Waals surface area contributed by atoms with Crippen LogP contribution in [0.2, 0.25) is 0 Å². The van der Waals surface area contributed by atoms with Gasteiger partial charge < -0.3 is 10.2 Å². The molecule has 4 heterocycles. The number of carbonyl (C=O) groups is 1. The van der Waals surface area contributed by atoms with Crippen molar-refractivity contribution in [3.63, 3.8) is 0 Å². The van der Waals surface area contributed by atoms with E-state index in [1.165, 1.54) is 4.63 Å². The second-order valence-corrected chi connectivity index (χ2v) is 6.06. The van der Waals surface area contributed by atoms with Crippen molar-refractivity contribution in [2.75, 3.05) is 18.0 Å². The van der Waals surface area contributed by atoms with Gasteiger partial charge in [-0.05, 0) is 47.0 Å². The van der Waals surface area contributed by atoms with Crippen LogP contribution >= 0.6 is 0 Å². The first-order valence-corrected chi connectivity index (χ1v) is 8.26. The second-order valence-electron chi connectivity index (χ2n) is 6.06. The van der Waals surface area contributed by atoms with Gasteiger partial charge in [0.1, 0.15) is 0 Å². The van der Waals surface area contributed by atoms with Crippen molar-refractivity contribution in [2.24, 2.45) is 5.92 Å². The number of aromatic nitrogens is 6. The standard InChI is InChI=1S/C16H18N8O/c25-16(18-11-12-2-1-7-17-10-12)13-5-8-23(9-6-13)15-4-3-14-19-21-22-24(14)20-15/h1-4,7,10,13H,5-6,8-9,11H2,(H,18,25). The first-order chi connectivity index (χ1) is 12.3. The van der Waals surface area contributed by atoms with Gasteiger partial charge in [0.05, 0.1) is 0 Å². The fourth-order valence-corrected chi connectivity index (χ4v) is 3.02. The Balaban J connectivity index is 1.32. The molecule has 0 spiro atoms. The van der Waals surface area contributed by atoms with E-state index in [0.717, 1.165) is 37.3 Å². The quantitative estimate of drug-likeness (QED) is 0.737. The maximum Gasteiger partial charge on any atom is 0.223 e. The smallest absolute Gasteiger partial charge is 0.223 e. The van der Waals surface area contributed by atoms with E-state index < -0.39 is 0 Å². The molecule has 0 aliphatic carbocycles. The number of hydrogen-bond donors (Lipinski definition) is 1. The van der Waals surface area contributed by atoms with Crippen molar-refractivity contribution in [2.45, 2.75) is 19.4 Å². The number of anilines is 1. The fourth-order valence-electron chi connectivity index (χ4n) is 3.02. The summed E-state index contributed by atoms with van der Waals surface area (Å²) in [7, 11) is 0. The molecule has 1 N–H and O–H groups in total. The zero-order valence-electron chi connectivity index (χ0n) is 13.6. The summed E-state index contributed by atoms with van der Waals surface area (Å²) in [4.78, 5) is 18.6. The number of rotatable bonds is 4. The minimum Gasteiger partial charge on any atom is -0.355 e. The molecule has 0 saturated carbocycles. The molecule has 1 saturated heterocycles. The molecule has 1 amide bonds. The lowest BCUT2D eigenvalue weighted by atomic mass is 9.96. The Morgan fingerprint density at radius 3 is 2.92 bits per heavy atom. The van der Waals surface area contributed by atoms with Gasteiger partial charge in [-0.1, -0.05) is 6.07 Å². The normalized spacial score (nSPS) is 15.4. The van der Waals surface area contributed by atoms with Crippen LogP contribution in [0.5, 0.6) is 0 Å². The van der Waals surface area contributed by atoms with E-state index in [1.54, 1.807) is 12.4 Å². The molecule has 1 aliphatic heterocycles. The molecule has 9 heteroatoms. The van der Waals surface area contributed by atoms with Gasteiger partial charge in [0.25, 0.3) is 0 Å². The molecule has 128 valence electrons. The second kappa shape index (κ2) is 6.80. The summed E-state index contributed by atoms with van der Waals surface area (Å²) in [6, 6.07) is 7.58. The van der Waals surface area contributed by atoms with Crippen molar-refractivity contribution < 1.29 is 4.79 Å². The van der Waals surface area contributed by atoms with Crippen LogP contribution in [-0.4, -0.2) is 49.2 Å². The first-order valence-electron chi connectivity index (χ1n) is 8.26. The number of amides is 1. The van der Waals surface area contributed by atoms with Crippen LogP contribution in [0.25, 0.3) is 5.65 Å². The Morgan fingerprint density at radius 1 is 1.24 bits per heavy atom. The molecule has 0 bridgehead atoms. The van der Waals surface area contributed by atoms with Crippen LogP contribution in [0.15, 0.2) is 36.7 Å². The highest BCUT2D eigenvalue weighted by Gasteiger charge is 2.25. The Labute approximate surface area is 144 Å². The van der Waals surface area contributed by atoms with Gasteiger partial charge in [0.15, 0.2) is 11.5 Å². The SMILES string of the molecule is O=C(NCc1cccnc1)C1CCN(c2ccc3nnnn3n2)CC1. The van der Waals surface area contributed by atoms with Gasteiger partial charge in [-0.15, -0.1) is 14.8 Å². The minimum atomic E-state index is 0.0321. The lowest BCUT2D eigenvalue weighted by Crippen LogP contribution is -2.40. The summed E-state index contributed by atoms with van der Waals surface area (Å²) in [5.41, 5.74) is 1.63. The molecular weight excluding hydrogens is 320 g/mol. The number of nitrogens with one attached hydrogen (secondary N) is 1. The maximum absolute atomic E-state index is 12.4. The Kier molecular flexibility index (Phi) is 4.19. The van der Waals surface area contributed by atoms with Gasteiger partial charge in [0.2, 0.25) is 5.91 Å². The summed E-state index contributed by atoms with van der Waals surface area (Å²) < 4.78 is 1.42. The van der Waals surface area contributed by atoms with Crippen LogP contribution in [-0.2, 0) is 11.3 Å². The van der Waals surface area contributed by atoms with E-state index in [0.29, 0.717) is 12.2 Å². The Hall–Kier alpha value is -3.10. The van der Waals surface area contributed by atoms with Crippen molar-refractivity contribution in [3.05, 3.63) is 42.2 Å². The van der Waals surface area contributed by atoms with E-state index in [2.05, 4.69) is 35.8 Å². The van der Waals surface area contributed by atoms with E-state index in [1.807, 2.05) is 24.3 Å². The summed E-state index contributed by atoms with van der Waals surface area (Å²) in [6.45, 7) is 2.08. The molecule has 1 aliphatic rings. The van der Waals surface area contributed by atoms with Gasteiger partial charge in [0, 0.05) is 37.9 Å². The molecule has 9 nitrogen and oxygen atoms in total.